The minimum atomic E-state index is -4.96. The van der Waals surface area contributed by atoms with Crippen LogP contribution in [0.2, 0.25) is 0 Å². The normalized spacial score (nSPS) is 15.0. The SMILES string of the molecule is CC/C=C\C/C=C\C/C=C\C/C=C\C/C=C\CCCCCCCCCCCCCC(=O)OCC(O)COP(=O)(O)OCC(O)COP(=O)(O)OCC(COC(=O)CCCCCCC/C=C\C/C=C\C/C=C\C/C=C\C/C=C\CC)OC(=O)CCC/C=C\C/C=C\C/C=C\C/C=C\C/C=C\CC. The second-order valence-corrected chi connectivity index (χ2v) is 27.6. The van der Waals surface area contributed by atoms with Crippen molar-refractivity contribution < 1.29 is 75.8 Å². The first-order chi connectivity index (χ1) is 49.2. The summed E-state index contributed by atoms with van der Waals surface area (Å²) < 4.78 is 61.0. The molecule has 0 aromatic carbocycles. The first kappa shape index (κ1) is 95.6. The molecule has 572 valence electrons. The molecule has 0 rings (SSSR count). The molecule has 18 heteroatoms. The Morgan fingerprint density at radius 2 is 0.505 bits per heavy atom. The maximum atomic E-state index is 12.9. The summed E-state index contributed by atoms with van der Waals surface area (Å²) in [7, 11) is -9.83. The van der Waals surface area contributed by atoms with Crippen molar-refractivity contribution in [3.8, 4) is 0 Å². The zero-order valence-electron chi connectivity index (χ0n) is 62.2. The van der Waals surface area contributed by atoms with E-state index in [1.54, 1.807) is 0 Å². The van der Waals surface area contributed by atoms with Crippen molar-refractivity contribution in [3.63, 3.8) is 0 Å². The summed E-state index contributed by atoms with van der Waals surface area (Å²) in [6, 6.07) is 0. The fourth-order valence-electron chi connectivity index (χ4n) is 9.42. The number of unbranched alkanes of at least 4 members (excludes halogenated alkanes) is 17. The van der Waals surface area contributed by atoms with Gasteiger partial charge in [0.2, 0.25) is 0 Å². The van der Waals surface area contributed by atoms with Crippen molar-refractivity contribution in [3.05, 3.63) is 182 Å². The average Bonchev–Trinajstić information content (AvgIpc) is 0.974. The molecule has 0 heterocycles. The molecule has 0 fully saturated rings. The van der Waals surface area contributed by atoms with E-state index < -0.39 is 91.5 Å². The number of hydrogen-bond acceptors (Lipinski definition) is 14. The first-order valence-corrected chi connectivity index (χ1v) is 41.1. The Balaban J connectivity index is 4.67. The van der Waals surface area contributed by atoms with Gasteiger partial charge in [0.05, 0.1) is 26.4 Å². The third-order valence-corrected chi connectivity index (χ3v) is 17.0. The van der Waals surface area contributed by atoms with E-state index in [9.17, 15) is 43.5 Å². The number of carbonyl (C=O) groups excluding carboxylic acids is 3. The Morgan fingerprint density at radius 3 is 0.812 bits per heavy atom. The summed E-state index contributed by atoms with van der Waals surface area (Å²) in [6.45, 7) is 2.22. The number of allylic oxidation sites excluding steroid dienone is 30. The van der Waals surface area contributed by atoms with Gasteiger partial charge >= 0.3 is 33.6 Å². The minimum absolute atomic E-state index is 0.0145. The van der Waals surface area contributed by atoms with Gasteiger partial charge in [-0.3, -0.25) is 32.5 Å². The average molecular weight is 1450 g/mol. The molecule has 0 aliphatic rings. The zero-order valence-corrected chi connectivity index (χ0v) is 64.0. The van der Waals surface area contributed by atoms with Crippen LogP contribution in [0.4, 0.5) is 0 Å². The standard InChI is InChI=1S/C83H134O16P2/c1-4-7-10-13-16-19-22-25-28-31-33-35-36-37-38-39-40-42-44-46-48-51-54-57-60-63-66-69-81(86)93-72-78(84)73-95-100(89,90)96-74-79(85)75-97-101(91,92)98-77-80(99-83(88)71-68-65-62-59-56-53-50-45-30-27-24-21-18-15-12-9-6-3)76-94-82(87)70-67-64-61-58-55-52-49-47-43-41-34-32-29-26-23-20-17-14-11-8-5-2/h7-12,16-21,25-30,33-35,37-38,41,47,49-50,53,59,62,78-80,84-85H,4-6,13-15,22-24,31-32,36,39-40,42-46,48,51-52,54-58,60-61,63-77H2,1-3H3,(H,89,90)(H,91,92)/b10-7-,11-8-,12-9-,19-16-,20-17-,21-18-,28-25-,29-26-,30-27-,35-33-,38-37-,41-34-,49-47-,53-50-,62-59-. The second-order valence-electron chi connectivity index (χ2n) is 24.7. The summed E-state index contributed by atoms with van der Waals surface area (Å²) in [5.41, 5.74) is 0. The first-order valence-electron chi connectivity index (χ1n) is 38.1. The van der Waals surface area contributed by atoms with Crippen molar-refractivity contribution in [1.82, 2.24) is 0 Å². The lowest BCUT2D eigenvalue weighted by atomic mass is 10.0. The van der Waals surface area contributed by atoms with E-state index in [1.165, 1.54) is 38.5 Å². The van der Waals surface area contributed by atoms with Gasteiger partial charge in [-0.1, -0.05) is 280 Å². The van der Waals surface area contributed by atoms with Crippen LogP contribution in [0.1, 0.15) is 265 Å². The van der Waals surface area contributed by atoms with E-state index in [-0.39, 0.29) is 19.3 Å². The van der Waals surface area contributed by atoms with Crippen molar-refractivity contribution in [1.29, 1.82) is 0 Å². The van der Waals surface area contributed by atoms with Gasteiger partial charge < -0.3 is 34.2 Å². The number of hydrogen-bond donors (Lipinski definition) is 4. The van der Waals surface area contributed by atoms with Crippen LogP contribution in [0.3, 0.4) is 0 Å². The zero-order chi connectivity index (χ0) is 73.7. The molecule has 0 spiro atoms. The molecule has 5 unspecified atom stereocenters. The highest BCUT2D eigenvalue weighted by atomic mass is 31.2. The number of ether oxygens (including phenoxy) is 3. The molecule has 0 radical (unpaired) electrons. The minimum Gasteiger partial charge on any atom is -0.463 e. The maximum Gasteiger partial charge on any atom is 0.472 e. The number of aliphatic hydroxyl groups excluding tert-OH is 2. The van der Waals surface area contributed by atoms with Crippen molar-refractivity contribution in [2.24, 2.45) is 0 Å². The Kier molecular flexibility index (Phi) is 70.4. The van der Waals surface area contributed by atoms with E-state index >= 15 is 0 Å². The number of rotatable bonds is 70. The number of esters is 3. The van der Waals surface area contributed by atoms with Gasteiger partial charge in [-0.2, -0.15) is 0 Å². The molecule has 0 aromatic rings. The van der Waals surface area contributed by atoms with Gasteiger partial charge in [0.1, 0.15) is 25.4 Å². The van der Waals surface area contributed by atoms with Crippen LogP contribution in [-0.4, -0.2) is 95.9 Å². The summed E-state index contributed by atoms with van der Waals surface area (Å²) in [4.78, 5) is 58.6. The molecule has 4 N–H and O–H groups in total. The fraction of sp³-hybridized carbons (Fsp3) is 0.602. The van der Waals surface area contributed by atoms with E-state index in [2.05, 4.69) is 191 Å². The predicted octanol–water partition coefficient (Wildman–Crippen LogP) is 22.2. The predicted molar refractivity (Wildman–Crippen MR) is 417 cm³/mol. The van der Waals surface area contributed by atoms with E-state index in [1.807, 2.05) is 12.2 Å². The Morgan fingerprint density at radius 1 is 0.277 bits per heavy atom. The van der Waals surface area contributed by atoms with Crippen LogP contribution in [0.5, 0.6) is 0 Å². The molecule has 0 amide bonds. The van der Waals surface area contributed by atoms with Gasteiger partial charge in [-0.25, -0.2) is 9.13 Å². The van der Waals surface area contributed by atoms with Crippen molar-refractivity contribution >= 4 is 33.6 Å². The summed E-state index contributed by atoms with van der Waals surface area (Å²) in [5, 5.41) is 20.6. The van der Waals surface area contributed by atoms with E-state index in [0.29, 0.717) is 25.7 Å². The Labute approximate surface area is 611 Å². The lowest BCUT2D eigenvalue weighted by Gasteiger charge is -2.21. The van der Waals surface area contributed by atoms with Crippen LogP contribution in [0.25, 0.3) is 0 Å². The highest BCUT2D eigenvalue weighted by molar-refractivity contribution is 7.47. The molecular formula is C83H134O16P2. The van der Waals surface area contributed by atoms with Crippen LogP contribution >= 0.6 is 15.6 Å². The smallest absolute Gasteiger partial charge is 0.463 e. The highest BCUT2D eigenvalue weighted by Crippen LogP contribution is 2.45. The summed E-state index contributed by atoms with van der Waals surface area (Å²) in [6.07, 6.45) is 95.2. The van der Waals surface area contributed by atoms with Gasteiger partial charge in [0.25, 0.3) is 0 Å². The Hall–Kier alpha value is -5.35. The van der Waals surface area contributed by atoms with Crippen LogP contribution < -0.4 is 0 Å². The molecule has 0 aromatic heterocycles. The quantitative estimate of drug-likeness (QED) is 0.0146. The molecule has 0 aliphatic carbocycles. The number of carbonyl (C=O) groups is 3. The largest absolute Gasteiger partial charge is 0.472 e. The highest BCUT2D eigenvalue weighted by Gasteiger charge is 2.29. The van der Waals surface area contributed by atoms with Gasteiger partial charge in [-0.15, -0.1) is 0 Å². The Bertz CT molecular complexity index is 2570. The van der Waals surface area contributed by atoms with Crippen LogP contribution in [0, 0.1) is 0 Å². The summed E-state index contributed by atoms with van der Waals surface area (Å²) >= 11 is 0. The van der Waals surface area contributed by atoms with Crippen molar-refractivity contribution in [2.45, 2.75) is 283 Å². The van der Waals surface area contributed by atoms with Gasteiger partial charge in [-0.05, 0) is 148 Å². The number of aliphatic hydroxyl groups is 2. The fourth-order valence-corrected chi connectivity index (χ4v) is 11.0. The molecule has 0 aliphatic heterocycles. The molecule has 101 heavy (non-hydrogen) atoms. The lowest BCUT2D eigenvalue weighted by molar-refractivity contribution is -0.161. The maximum absolute atomic E-state index is 12.9. The van der Waals surface area contributed by atoms with Crippen molar-refractivity contribution in [2.75, 3.05) is 39.6 Å². The van der Waals surface area contributed by atoms with E-state index in [0.717, 1.165) is 161 Å². The second kappa shape index (κ2) is 74.4. The van der Waals surface area contributed by atoms with Crippen LogP contribution in [0.15, 0.2) is 182 Å². The third kappa shape index (κ3) is 75.6. The van der Waals surface area contributed by atoms with Gasteiger partial charge in [0, 0.05) is 19.3 Å². The molecular weight excluding hydrogens is 1310 g/mol. The van der Waals surface area contributed by atoms with Gasteiger partial charge in [0.15, 0.2) is 6.10 Å². The van der Waals surface area contributed by atoms with Crippen LogP contribution in [-0.2, 0) is 55.8 Å². The molecule has 0 saturated heterocycles. The topological polar surface area (TPSA) is 231 Å². The number of phosphoric ester groups is 2. The summed E-state index contributed by atoms with van der Waals surface area (Å²) in [5.74, 6) is -1.68. The monoisotopic (exact) mass is 1450 g/mol. The molecule has 16 nitrogen and oxygen atoms in total. The molecule has 0 bridgehead atoms. The molecule has 0 saturated carbocycles. The molecule has 5 atom stereocenters. The third-order valence-electron chi connectivity index (χ3n) is 15.1. The lowest BCUT2D eigenvalue weighted by Crippen LogP contribution is -2.30. The number of phosphoric acid groups is 2. The van der Waals surface area contributed by atoms with E-state index in [4.69, 9.17) is 32.3 Å².